The summed E-state index contributed by atoms with van der Waals surface area (Å²) in [6.07, 6.45) is 2.34. The van der Waals surface area contributed by atoms with Crippen LogP contribution < -0.4 is 10.1 Å². The first kappa shape index (κ1) is 15.1. The first-order valence-electron chi connectivity index (χ1n) is 7.43. The van der Waals surface area contributed by atoms with Gasteiger partial charge in [0.25, 0.3) is 0 Å². The van der Waals surface area contributed by atoms with Crippen molar-refractivity contribution in [3.63, 3.8) is 0 Å². The topological polar surface area (TPSA) is 44.7 Å². The van der Waals surface area contributed by atoms with Crippen LogP contribution in [0.25, 0.3) is 0 Å². The van der Waals surface area contributed by atoms with Crippen LogP contribution in [-0.2, 0) is 6.54 Å². The maximum atomic E-state index is 9.87. The zero-order chi connectivity index (χ0) is 14.5. The summed E-state index contributed by atoms with van der Waals surface area (Å²) in [5.74, 6) is 1.12. The molecule has 1 aliphatic rings. The third kappa shape index (κ3) is 3.87. The van der Waals surface area contributed by atoms with Gasteiger partial charge in [0.05, 0.1) is 7.11 Å². The highest BCUT2D eigenvalue weighted by atomic mass is 16.5. The Morgan fingerprint density at radius 3 is 2.65 bits per heavy atom. The Kier molecular flexibility index (Phi) is 5.26. The van der Waals surface area contributed by atoms with Gasteiger partial charge in [-0.2, -0.15) is 0 Å². The van der Waals surface area contributed by atoms with Crippen LogP contribution in [-0.4, -0.2) is 42.3 Å². The molecule has 1 heterocycles. The van der Waals surface area contributed by atoms with Gasteiger partial charge < -0.3 is 20.1 Å². The normalized spacial score (nSPS) is 17.6. The minimum atomic E-state index is 0.331. The van der Waals surface area contributed by atoms with E-state index in [2.05, 4.69) is 24.1 Å². The third-order valence-corrected chi connectivity index (χ3v) is 4.13. The number of nitrogens with zero attached hydrogens (tertiary/aromatic N) is 1. The maximum absolute atomic E-state index is 9.87. The summed E-state index contributed by atoms with van der Waals surface area (Å²) >= 11 is 0. The Labute approximate surface area is 121 Å². The van der Waals surface area contributed by atoms with Crippen LogP contribution in [0.5, 0.6) is 11.5 Å². The molecule has 1 fully saturated rings. The predicted octanol–water partition coefficient (Wildman–Crippen LogP) is 2.36. The van der Waals surface area contributed by atoms with Gasteiger partial charge in [0.15, 0.2) is 0 Å². The molecule has 1 saturated heterocycles. The van der Waals surface area contributed by atoms with Crippen LogP contribution >= 0.6 is 0 Å². The molecular weight excluding hydrogens is 252 g/mol. The number of piperidine rings is 1. The van der Waals surface area contributed by atoms with E-state index in [1.807, 2.05) is 6.07 Å². The Morgan fingerprint density at radius 1 is 1.35 bits per heavy atom. The summed E-state index contributed by atoms with van der Waals surface area (Å²) in [4.78, 5) is 2.52. The molecular formula is C16H26N2O2. The average Bonchev–Trinajstić information content (AvgIpc) is 2.47. The number of hydrogen-bond acceptors (Lipinski definition) is 4. The molecule has 4 heteroatoms. The molecule has 112 valence electrons. The molecule has 0 amide bonds. The SMILES string of the molecule is COc1ccc(O)c(CNC2CCN(C(C)C)CC2)c1. The van der Waals surface area contributed by atoms with Gasteiger partial charge in [-0.15, -0.1) is 0 Å². The monoisotopic (exact) mass is 278 g/mol. The largest absolute Gasteiger partial charge is 0.508 e. The third-order valence-electron chi connectivity index (χ3n) is 4.13. The number of hydrogen-bond donors (Lipinski definition) is 2. The van der Waals surface area contributed by atoms with E-state index in [0.29, 0.717) is 24.4 Å². The van der Waals surface area contributed by atoms with E-state index in [1.165, 1.54) is 12.8 Å². The highest BCUT2D eigenvalue weighted by Crippen LogP contribution is 2.23. The molecule has 0 aliphatic carbocycles. The minimum Gasteiger partial charge on any atom is -0.508 e. The number of ether oxygens (including phenoxy) is 1. The molecule has 0 atom stereocenters. The fraction of sp³-hybridized carbons (Fsp3) is 0.625. The standard InChI is InChI=1S/C16H26N2O2/c1-12(2)18-8-6-14(7-9-18)17-11-13-10-15(20-3)4-5-16(13)19/h4-5,10,12,14,17,19H,6-9,11H2,1-3H3. The summed E-state index contributed by atoms with van der Waals surface area (Å²) in [5, 5.41) is 13.4. The Balaban J connectivity index is 1.84. The van der Waals surface area contributed by atoms with Crippen LogP contribution in [0.15, 0.2) is 18.2 Å². The van der Waals surface area contributed by atoms with Crippen molar-refractivity contribution in [2.24, 2.45) is 0 Å². The van der Waals surface area contributed by atoms with E-state index in [0.717, 1.165) is 24.4 Å². The Bertz CT molecular complexity index is 426. The Morgan fingerprint density at radius 2 is 2.05 bits per heavy atom. The minimum absolute atomic E-state index is 0.331. The second-order valence-electron chi connectivity index (χ2n) is 5.78. The second-order valence-corrected chi connectivity index (χ2v) is 5.78. The number of likely N-dealkylation sites (tertiary alicyclic amines) is 1. The molecule has 20 heavy (non-hydrogen) atoms. The van der Waals surface area contributed by atoms with Crippen molar-refractivity contribution < 1.29 is 9.84 Å². The van der Waals surface area contributed by atoms with E-state index in [1.54, 1.807) is 19.2 Å². The molecule has 1 aromatic carbocycles. The van der Waals surface area contributed by atoms with E-state index in [9.17, 15) is 5.11 Å². The van der Waals surface area contributed by atoms with Gasteiger partial charge in [-0.1, -0.05) is 0 Å². The first-order valence-corrected chi connectivity index (χ1v) is 7.43. The fourth-order valence-corrected chi connectivity index (χ4v) is 2.70. The molecule has 1 aliphatic heterocycles. The van der Waals surface area contributed by atoms with Crippen molar-refractivity contribution in [1.29, 1.82) is 0 Å². The number of methoxy groups -OCH3 is 1. The van der Waals surface area contributed by atoms with Gasteiger partial charge in [0.1, 0.15) is 11.5 Å². The maximum Gasteiger partial charge on any atom is 0.120 e. The summed E-state index contributed by atoms with van der Waals surface area (Å²) < 4.78 is 5.20. The zero-order valence-electron chi connectivity index (χ0n) is 12.7. The molecule has 2 rings (SSSR count). The second kappa shape index (κ2) is 6.95. The van der Waals surface area contributed by atoms with Crippen molar-refractivity contribution in [2.75, 3.05) is 20.2 Å². The van der Waals surface area contributed by atoms with E-state index in [-0.39, 0.29) is 0 Å². The van der Waals surface area contributed by atoms with E-state index in [4.69, 9.17) is 4.74 Å². The number of aromatic hydroxyl groups is 1. The summed E-state index contributed by atoms with van der Waals surface area (Å²) in [7, 11) is 1.64. The molecule has 0 saturated carbocycles. The van der Waals surface area contributed by atoms with Gasteiger partial charge in [0.2, 0.25) is 0 Å². The quantitative estimate of drug-likeness (QED) is 0.868. The summed E-state index contributed by atoms with van der Waals surface area (Å²) in [5.41, 5.74) is 0.899. The fourth-order valence-electron chi connectivity index (χ4n) is 2.70. The van der Waals surface area contributed by atoms with Crippen LogP contribution in [0.2, 0.25) is 0 Å². The molecule has 0 unspecified atom stereocenters. The van der Waals surface area contributed by atoms with Crippen molar-refractivity contribution >= 4 is 0 Å². The van der Waals surface area contributed by atoms with Gasteiger partial charge in [-0.25, -0.2) is 0 Å². The van der Waals surface area contributed by atoms with Crippen molar-refractivity contribution in [3.8, 4) is 11.5 Å². The van der Waals surface area contributed by atoms with E-state index >= 15 is 0 Å². The first-order chi connectivity index (χ1) is 9.60. The molecule has 4 nitrogen and oxygen atoms in total. The summed E-state index contributed by atoms with van der Waals surface area (Å²) in [6.45, 7) is 7.50. The van der Waals surface area contributed by atoms with Crippen LogP contribution in [0.3, 0.4) is 0 Å². The van der Waals surface area contributed by atoms with Crippen molar-refractivity contribution in [3.05, 3.63) is 23.8 Å². The van der Waals surface area contributed by atoms with Gasteiger partial charge >= 0.3 is 0 Å². The lowest BCUT2D eigenvalue weighted by atomic mass is 10.0. The molecule has 0 aromatic heterocycles. The molecule has 0 radical (unpaired) electrons. The molecule has 2 N–H and O–H groups in total. The van der Waals surface area contributed by atoms with E-state index < -0.39 is 0 Å². The Hall–Kier alpha value is -1.26. The molecule has 1 aromatic rings. The number of rotatable bonds is 5. The van der Waals surface area contributed by atoms with Gasteiger partial charge in [-0.05, 0) is 58.0 Å². The van der Waals surface area contributed by atoms with Crippen LogP contribution in [0.4, 0.5) is 0 Å². The number of benzene rings is 1. The van der Waals surface area contributed by atoms with Crippen molar-refractivity contribution in [1.82, 2.24) is 10.2 Å². The van der Waals surface area contributed by atoms with Crippen molar-refractivity contribution in [2.45, 2.75) is 45.3 Å². The smallest absolute Gasteiger partial charge is 0.120 e. The van der Waals surface area contributed by atoms with Gasteiger partial charge in [0, 0.05) is 24.2 Å². The number of phenolic OH excluding ortho intramolecular Hbond substituents is 1. The highest BCUT2D eigenvalue weighted by molar-refractivity contribution is 5.39. The van der Waals surface area contributed by atoms with Gasteiger partial charge in [-0.3, -0.25) is 0 Å². The lowest BCUT2D eigenvalue weighted by Crippen LogP contribution is -2.44. The van der Waals surface area contributed by atoms with Crippen LogP contribution in [0, 0.1) is 0 Å². The molecule has 0 bridgehead atoms. The number of phenols is 1. The molecule has 0 spiro atoms. The lowest BCUT2D eigenvalue weighted by Gasteiger charge is -2.35. The highest BCUT2D eigenvalue weighted by Gasteiger charge is 2.20. The number of nitrogens with one attached hydrogen (secondary N) is 1. The van der Waals surface area contributed by atoms with Crippen LogP contribution in [0.1, 0.15) is 32.3 Å². The average molecular weight is 278 g/mol. The zero-order valence-corrected chi connectivity index (χ0v) is 12.7. The predicted molar refractivity (Wildman–Crippen MR) is 81.2 cm³/mol. The summed E-state index contributed by atoms with van der Waals surface area (Å²) in [6, 6.07) is 6.54. The lowest BCUT2D eigenvalue weighted by molar-refractivity contribution is 0.160.